The number of aliphatic hydroxyl groups excluding tert-OH is 1. The van der Waals surface area contributed by atoms with Gasteiger partial charge in [-0.15, -0.1) is 11.3 Å². The normalized spacial score (nSPS) is 13.3. The third-order valence-electron chi connectivity index (χ3n) is 2.91. The van der Waals surface area contributed by atoms with E-state index < -0.39 is 0 Å². The number of fused-ring (bicyclic) bond motifs is 1. The van der Waals surface area contributed by atoms with Crippen LogP contribution in [0.15, 0.2) is 17.7 Å². The van der Waals surface area contributed by atoms with Crippen molar-refractivity contribution >= 4 is 39.9 Å². The lowest BCUT2D eigenvalue weighted by Gasteiger charge is -2.21. The Labute approximate surface area is 119 Å². The average Bonchev–Trinajstić information content (AvgIpc) is 2.95. The highest BCUT2D eigenvalue weighted by atomic mass is 35.5. The largest absolute Gasteiger partial charge is 0.394 e. The van der Waals surface area contributed by atoms with Gasteiger partial charge in [0.25, 0.3) is 0 Å². The molecule has 0 spiro atoms. The van der Waals surface area contributed by atoms with Gasteiger partial charge in [0, 0.05) is 24.7 Å². The van der Waals surface area contributed by atoms with Crippen molar-refractivity contribution in [3.8, 4) is 0 Å². The maximum absolute atomic E-state index is 11.9. The smallest absolute Gasteiger partial charge is 0.246 e. The molecule has 2 aromatic rings. The van der Waals surface area contributed by atoms with E-state index in [0.29, 0.717) is 10.8 Å². The molecule has 0 aromatic carbocycles. The Kier molecular flexibility index (Phi) is 4.24. The lowest BCUT2D eigenvalue weighted by atomic mass is 10.3. The highest BCUT2D eigenvalue weighted by Gasteiger charge is 2.13. The second-order valence-corrected chi connectivity index (χ2v) is 5.39. The molecule has 2 heterocycles. The summed E-state index contributed by atoms with van der Waals surface area (Å²) in [6.45, 7) is 1.70. The Balaban J connectivity index is 2.20. The number of carbonyl (C=O) groups is 1. The number of carbonyl (C=O) groups excluding carboxylic acids is 1. The van der Waals surface area contributed by atoms with E-state index in [1.54, 1.807) is 20.0 Å². The number of aromatic nitrogens is 2. The second kappa shape index (κ2) is 5.73. The van der Waals surface area contributed by atoms with Crippen LogP contribution in [0.1, 0.15) is 12.6 Å². The minimum absolute atomic E-state index is 0.0711. The summed E-state index contributed by atoms with van der Waals surface area (Å²) >= 11 is 7.50. The van der Waals surface area contributed by atoms with E-state index in [1.807, 2.05) is 16.0 Å². The monoisotopic (exact) mass is 299 g/mol. The molecule has 102 valence electrons. The van der Waals surface area contributed by atoms with Crippen molar-refractivity contribution in [2.45, 2.75) is 13.0 Å². The summed E-state index contributed by atoms with van der Waals surface area (Å²) in [6.07, 6.45) is 4.92. The summed E-state index contributed by atoms with van der Waals surface area (Å²) < 4.78 is 1.83. The van der Waals surface area contributed by atoms with Gasteiger partial charge in [-0.1, -0.05) is 11.6 Å². The highest BCUT2D eigenvalue weighted by molar-refractivity contribution is 7.15. The van der Waals surface area contributed by atoms with Crippen LogP contribution in [0, 0.1) is 0 Å². The van der Waals surface area contributed by atoms with Gasteiger partial charge >= 0.3 is 0 Å². The minimum Gasteiger partial charge on any atom is -0.394 e. The van der Waals surface area contributed by atoms with Gasteiger partial charge in [-0.2, -0.15) is 0 Å². The molecular formula is C12H14ClN3O2S. The molecular weight excluding hydrogens is 286 g/mol. The lowest BCUT2D eigenvalue weighted by Crippen LogP contribution is -2.36. The second-order valence-electron chi connectivity index (χ2n) is 4.16. The standard InChI is InChI=1S/C12H14ClN3O2S/c1-8(7-17)15(2)10(18)4-3-9-11(13)14-12-16(9)5-6-19-12/h3-6,8,17H,7H2,1-2H3/b4-3+. The molecule has 2 aromatic heterocycles. The number of halogens is 1. The quantitative estimate of drug-likeness (QED) is 0.877. The first-order valence-corrected chi connectivity index (χ1v) is 6.97. The van der Waals surface area contributed by atoms with Crippen LogP contribution in [0.25, 0.3) is 11.0 Å². The number of thiazole rings is 1. The first-order chi connectivity index (χ1) is 9.04. The van der Waals surface area contributed by atoms with E-state index >= 15 is 0 Å². The van der Waals surface area contributed by atoms with Crippen molar-refractivity contribution in [3.63, 3.8) is 0 Å². The highest BCUT2D eigenvalue weighted by Crippen LogP contribution is 2.22. The molecule has 0 radical (unpaired) electrons. The van der Waals surface area contributed by atoms with Crippen LogP contribution in [0.5, 0.6) is 0 Å². The molecule has 0 aliphatic rings. The van der Waals surface area contributed by atoms with Gasteiger partial charge in [-0.3, -0.25) is 9.20 Å². The summed E-state index contributed by atoms with van der Waals surface area (Å²) in [5, 5.41) is 11.3. The molecule has 19 heavy (non-hydrogen) atoms. The molecule has 1 unspecified atom stereocenters. The van der Waals surface area contributed by atoms with Crippen molar-refractivity contribution in [2.75, 3.05) is 13.7 Å². The van der Waals surface area contributed by atoms with Gasteiger partial charge in [-0.25, -0.2) is 4.98 Å². The molecule has 1 atom stereocenters. The summed E-state index contributed by atoms with van der Waals surface area (Å²) in [4.78, 5) is 18.3. The Morgan fingerprint density at radius 3 is 3.16 bits per heavy atom. The predicted molar refractivity (Wildman–Crippen MR) is 76.4 cm³/mol. The third-order valence-corrected chi connectivity index (χ3v) is 3.95. The number of nitrogens with zero attached hydrogens (tertiary/aromatic N) is 3. The Hall–Kier alpha value is -1.37. The molecule has 1 N–H and O–H groups in total. The van der Waals surface area contributed by atoms with Gasteiger partial charge in [0.05, 0.1) is 18.3 Å². The summed E-state index contributed by atoms with van der Waals surface area (Å²) in [5.41, 5.74) is 0.677. The number of rotatable bonds is 4. The first-order valence-electron chi connectivity index (χ1n) is 5.71. The zero-order valence-corrected chi connectivity index (χ0v) is 12.1. The van der Waals surface area contributed by atoms with E-state index in [4.69, 9.17) is 16.7 Å². The maximum Gasteiger partial charge on any atom is 0.246 e. The molecule has 0 aliphatic heterocycles. The van der Waals surface area contributed by atoms with Gasteiger partial charge in [0.1, 0.15) is 0 Å². The van der Waals surface area contributed by atoms with Crippen LogP contribution in [0.2, 0.25) is 5.15 Å². The van der Waals surface area contributed by atoms with E-state index in [0.717, 1.165) is 4.96 Å². The molecule has 0 saturated heterocycles. The van der Waals surface area contributed by atoms with Gasteiger partial charge in [0.15, 0.2) is 10.1 Å². The summed E-state index contributed by atoms with van der Waals surface area (Å²) in [7, 11) is 1.64. The third kappa shape index (κ3) is 2.80. The minimum atomic E-state index is -0.223. The molecule has 7 heteroatoms. The summed E-state index contributed by atoms with van der Waals surface area (Å²) in [6, 6.07) is -0.223. The SMILES string of the molecule is CC(CO)N(C)C(=O)/C=C/c1c(Cl)nc2sccn12. The number of aliphatic hydroxyl groups is 1. The zero-order valence-electron chi connectivity index (χ0n) is 10.6. The maximum atomic E-state index is 11.9. The number of hydrogen-bond donors (Lipinski definition) is 1. The zero-order chi connectivity index (χ0) is 14.0. The molecule has 0 saturated carbocycles. The van der Waals surface area contributed by atoms with Crippen LogP contribution in [0.3, 0.4) is 0 Å². The van der Waals surface area contributed by atoms with E-state index in [1.165, 1.54) is 22.3 Å². The molecule has 0 aliphatic carbocycles. The van der Waals surface area contributed by atoms with Crippen LogP contribution in [0.4, 0.5) is 0 Å². The van der Waals surface area contributed by atoms with Gasteiger partial charge in [-0.05, 0) is 13.0 Å². The Morgan fingerprint density at radius 1 is 1.74 bits per heavy atom. The lowest BCUT2D eigenvalue weighted by molar-refractivity contribution is -0.127. The van der Waals surface area contributed by atoms with E-state index in [2.05, 4.69) is 4.98 Å². The van der Waals surface area contributed by atoms with Crippen LogP contribution in [-0.2, 0) is 4.79 Å². The predicted octanol–water partition coefficient (Wildman–Crippen LogP) is 1.90. The number of amides is 1. The number of imidazole rings is 1. The molecule has 0 fully saturated rings. The topological polar surface area (TPSA) is 57.8 Å². The van der Waals surface area contributed by atoms with E-state index in [9.17, 15) is 4.79 Å². The van der Waals surface area contributed by atoms with E-state index in [-0.39, 0.29) is 18.6 Å². The van der Waals surface area contributed by atoms with Crippen molar-refractivity contribution in [2.24, 2.45) is 0 Å². The van der Waals surface area contributed by atoms with Crippen LogP contribution < -0.4 is 0 Å². The van der Waals surface area contributed by atoms with Crippen LogP contribution in [-0.4, -0.2) is 45.0 Å². The van der Waals surface area contributed by atoms with Crippen LogP contribution >= 0.6 is 22.9 Å². The van der Waals surface area contributed by atoms with Gasteiger partial charge < -0.3 is 10.0 Å². The van der Waals surface area contributed by atoms with Crippen molar-refractivity contribution in [1.82, 2.24) is 14.3 Å². The molecule has 0 bridgehead atoms. The Morgan fingerprint density at radius 2 is 2.47 bits per heavy atom. The van der Waals surface area contributed by atoms with Gasteiger partial charge in [0.2, 0.25) is 5.91 Å². The molecule has 5 nitrogen and oxygen atoms in total. The fourth-order valence-electron chi connectivity index (χ4n) is 1.53. The van der Waals surface area contributed by atoms with Crippen molar-refractivity contribution in [3.05, 3.63) is 28.5 Å². The fraction of sp³-hybridized carbons (Fsp3) is 0.333. The van der Waals surface area contributed by atoms with Crippen molar-refractivity contribution < 1.29 is 9.90 Å². The fourth-order valence-corrected chi connectivity index (χ4v) is 2.54. The average molecular weight is 300 g/mol. The molecule has 1 amide bonds. The molecule has 2 rings (SSSR count). The van der Waals surface area contributed by atoms with Crippen molar-refractivity contribution in [1.29, 1.82) is 0 Å². The Bertz CT molecular complexity index is 620. The summed E-state index contributed by atoms with van der Waals surface area (Å²) in [5.74, 6) is -0.192. The number of hydrogen-bond acceptors (Lipinski definition) is 4. The number of likely N-dealkylation sites (N-methyl/N-ethyl adjacent to an activating group) is 1. The first kappa shape index (κ1) is 14.0.